The van der Waals surface area contributed by atoms with Crippen LogP contribution in [0.25, 0.3) is 11.0 Å². The minimum atomic E-state index is -0.479. The standard InChI is InChI=1S/C11H13N3O3/c1-3-16-7-5-6-12-10-8(7)9(13-14-10)11(15)17-4-2/h5-6H,3-4H2,1-2H3,(H,12,13,14). The van der Waals surface area contributed by atoms with E-state index < -0.39 is 5.97 Å². The van der Waals surface area contributed by atoms with Gasteiger partial charge in [0.15, 0.2) is 11.3 Å². The molecule has 0 aliphatic heterocycles. The SMILES string of the molecule is CCOC(=O)c1n[nH]c2nccc(OCC)c12. The van der Waals surface area contributed by atoms with E-state index in [-0.39, 0.29) is 5.69 Å². The van der Waals surface area contributed by atoms with Crippen LogP contribution >= 0.6 is 0 Å². The number of pyridine rings is 1. The number of carbonyl (C=O) groups is 1. The highest BCUT2D eigenvalue weighted by molar-refractivity contribution is 6.03. The third kappa shape index (κ3) is 2.06. The van der Waals surface area contributed by atoms with Crippen molar-refractivity contribution in [2.45, 2.75) is 13.8 Å². The van der Waals surface area contributed by atoms with Crippen LogP contribution in [-0.2, 0) is 4.74 Å². The van der Waals surface area contributed by atoms with Gasteiger partial charge in [-0.15, -0.1) is 0 Å². The third-order valence-electron chi connectivity index (χ3n) is 2.19. The monoisotopic (exact) mass is 235 g/mol. The molecule has 0 amide bonds. The van der Waals surface area contributed by atoms with Gasteiger partial charge in [-0.3, -0.25) is 5.10 Å². The smallest absolute Gasteiger partial charge is 0.359 e. The van der Waals surface area contributed by atoms with Gasteiger partial charge in [-0.05, 0) is 19.9 Å². The van der Waals surface area contributed by atoms with Crippen LogP contribution < -0.4 is 4.74 Å². The lowest BCUT2D eigenvalue weighted by Gasteiger charge is -2.04. The summed E-state index contributed by atoms with van der Waals surface area (Å²) in [4.78, 5) is 15.8. The number of nitrogens with one attached hydrogen (secondary N) is 1. The summed E-state index contributed by atoms with van der Waals surface area (Å²) in [7, 11) is 0. The van der Waals surface area contributed by atoms with Crippen LogP contribution in [0.2, 0.25) is 0 Å². The summed E-state index contributed by atoms with van der Waals surface area (Å²) in [5, 5.41) is 7.16. The fourth-order valence-corrected chi connectivity index (χ4v) is 1.55. The van der Waals surface area contributed by atoms with Crippen LogP contribution in [0.1, 0.15) is 24.3 Å². The van der Waals surface area contributed by atoms with E-state index in [2.05, 4.69) is 15.2 Å². The summed E-state index contributed by atoms with van der Waals surface area (Å²) < 4.78 is 10.4. The lowest BCUT2D eigenvalue weighted by atomic mass is 10.2. The van der Waals surface area contributed by atoms with Crippen molar-refractivity contribution < 1.29 is 14.3 Å². The second-order valence-electron chi connectivity index (χ2n) is 3.26. The summed E-state index contributed by atoms with van der Waals surface area (Å²) in [6.45, 7) is 4.43. The minimum Gasteiger partial charge on any atom is -0.493 e. The highest BCUT2D eigenvalue weighted by Crippen LogP contribution is 2.26. The van der Waals surface area contributed by atoms with Crippen LogP contribution in [-0.4, -0.2) is 34.4 Å². The molecular formula is C11H13N3O3. The molecule has 90 valence electrons. The number of rotatable bonds is 4. The first-order valence-corrected chi connectivity index (χ1v) is 5.40. The number of aromatic nitrogens is 3. The minimum absolute atomic E-state index is 0.207. The number of hydrogen-bond donors (Lipinski definition) is 1. The van der Waals surface area contributed by atoms with Gasteiger partial charge in [0, 0.05) is 6.20 Å². The van der Waals surface area contributed by atoms with Crippen molar-refractivity contribution in [3.63, 3.8) is 0 Å². The van der Waals surface area contributed by atoms with Gasteiger partial charge in [-0.2, -0.15) is 5.10 Å². The molecule has 0 saturated heterocycles. The third-order valence-corrected chi connectivity index (χ3v) is 2.19. The van der Waals surface area contributed by atoms with Gasteiger partial charge in [-0.25, -0.2) is 9.78 Å². The molecule has 0 unspecified atom stereocenters. The first kappa shape index (κ1) is 11.4. The van der Waals surface area contributed by atoms with E-state index in [1.165, 1.54) is 0 Å². The average molecular weight is 235 g/mol. The number of nitrogens with zero attached hydrogens (tertiary/aromatic N) is 2. The maximum Gasteiger partial charge on any atom is 0.359 e. The van der Waals surface area contributed by atoms with Crippen molar-refractivity contribution in [3.05, 3.63) is 18.0 Å². The molecule has 0 aromatic carbocycles. The molecule has 2 aromatic rings. The number of fused-ring (bicyclic) bond motifs is 1. The summed E-state index contributed by atoms with van der Waals surface area (Å²) in [5.41, 5.74) is 0.720. The second-order valence-corrected chi connectivity index (χ2v) is 3.26. The molecular weight excluding hydrogens is 222 g/mol. The van der Waals surface area contributed by atoms with Crippen molar-refractivity contribution in [1.29, 1.82) is 0 Å². The molecule has 2 heterocycles. The summed E-state index contributed by atoms with van der Waals surface area (Å²) >= 11 is 0. The highest BCUT2D eigenvalue weighted by atomic mass is 16.5. The number of H-pyrrole nitrogens is 1. The Bertz CT molecular complexity index is 536. The van der Waals surface area contributed by atoms with Gasteiger partial charge >= 0.3 is 5.97 Å². The molecule has 17 heavy (non-hydrogen) atoms. The zero-order valence-electron chi connectivity index (χ0n) is 9.69. The average Bonchev–Trinajstić information content (AvgIpc) is 2.74. The van der Waals surface area contributed by atoms with E-state index in [0.29, 0.717) is 30.0 Å². The zero-order chi connectivity index (χ0) is 12.3. The Kier molecular flexibility index (Phi) is 3.22. The normalized spacial score (nSPS) is 10.5. The molecule has 0 aliphatic rings. The molecule has 1 N–H and O–H groups in total. The van der Waals surface area contributed by atoms with Crippen molar-refractivity contribution in [3.8, 4) is 5.75 Å². The first-order valence-electron chi connectivity index (χ1n) is 5.40. The topological polar surface area (TPSA) is 77.1 Å². The van der Waals surface area contributed by atoms with E-state index in [1.807, 2.05) is 6.92 Å². The zero-order valence-corrected chi connectivity index (χ0v) is 9.69. The van der Waals surface area contributed by atoms with Crippen molar-refractivity contribution in [2.24, 2.45) is 0 Å². The molecule has 0 atom stereocenters. The summed E-state index contributed by atoms with van der Waals surface area (Å²) in [6, 6.07) is 1.70. The predicted molar refractivity (Wildman–Crippen MR) is 61.0 cm³/mol. The number of ether oxygens (including phenoxy) is 2. The van der Waals surface area contributed by atoms with E-state index in [0.717, 1.165) is 0 Å². The number of hydrogen-bond acceptors (Lipinski definition) is 5. The van der Waals surface area contributed by atoms with E-state index in [4.69, 9.17) is 9.47 Å². The molecule has 0 bridgehead atoms. The first-order chi connectivity index (χ1) is 8.27. The number of esters is 1. The van der Waals surface area contributed by atoms with Crippen LogP contribution in [0.4, 0.5) is 0 Å². The van der Waals surface area contributed by atoms with E-state index in [9.17, 15) is 4.79 Å². The second kappa shape index (κ2) is 4.82. The van der Waals surface area contributed by atoms with Crippen LogP contribution in [0.15, 0.2) is 12.3 Å². The van der Waals surface area contributed by atoms with Gasteiger partial charge < -0.3 is 9.47 Å². The molecule has 6 heteroatoms. The van der Waals surface area contributed by atoms with Gasteiger partial charge in [0.1, 0.15) is 5.75 Å². The summed E-state index contributed by atoms with van der Waals surface area (Å²) in [5.74, 6) is 0.0991. The Balaban J connectivity index is 2.52. The lowest BCUT2D eigenvalue weighted by molar-refractivity contribution is 0.0521. The Labute approximate surface area is 97.9 Å². The van der Waals surface area contributed by atoms with Crippen LogP contribution in [0, 0.1) is 0 Å². The van der Waals surface area contributed by atoms with Crippen LogP contribution in [0.5, 0.6) is 5.75 Å². The molecule has 0 radical (unpaired) electrons. The number of aromatic amines is 1. The van der Waals surface area contributed by atoms with Gasteiger partial charge in [-0.1, -0.05) is 0 Å². The fraction of sp³-hybridized carbons (Fsp3) is 0.364. The van der Waals surface area contributed by atoms with Gasteiger partial charge in [0.2, 0.25) is 0 Å². The largest absolute Gasteiger partial charge is 0.493 e. The Morgan fingerprint density at radius 2 is 2.24 bits per heavy atom. The van der Waals surface area contributed by atoms with Gasteiger partial charge in [0.25, 0.3) is 0 Å². The molecule has 6 nitrogen and oxygen atoms in total. The maximum atomic E-state index is 11.7. The maximum absolute atomic E-state index is 11.7. The van der Waals surface area contributed by atoms with Crippen molar-refractivity contribution >= 4 is 17.0 Å². The molecule has 2 aromatic heterocycles. The number of carbonyl (C=O) groups excluding carboxylic acids is 1. The lowest BCUT2D eigenvalue weighted by Crippen LogP contribution is -2.06. The van der Waals surface area contributed by atoms with E-state index >= 15 is 0 Å². The fourth-order valence-electron chi connectivity index (χ4n) is 1.55. The Morgan fingerprint density at radius 3 is 2.94 bits per heavy atom. The molecule has 0 spiro atoms. The van der Waals surface area contributed by atoms with Crippen molar-refractivity contribution in [2.75, 3.05) is 13.2 Å². The van der Waals surface area contributed by atoms with E-state index in [1.54, 1.807) is 19.2 Å². The Morgan fingerprint density at radius 1 is 1.41 bits per heavy atom. The molecule has 2 rings (SSSR count). The Hall–Kier alpha value is -2.11. The molecule has 0 fully saturated rings. The molecule has 0 saturated carbocycles. The quantitative estimate of drug-likeness (QED) is 0.813. The van der Waals surface area contributed by atoms with Crippen molar-refractivity contribution in [1.82, 2.24) is 15.2 Å². The molecule has 0 aliphatic carbocycles. The van der Waals surface area contributed by atoms with Gasteiger partial charge in [0.05, 0.1) is 18.6 Å². The predicted octanol–water partition coefficient (Wildman–Crippen LogP) is 1.53. The summed E-state index contributed by atoms with van der Waals surface area (Å²) in [6.07, 6.45) is 1.60. The highest BCUT2D eigenvalue weighted by Gasteiger charge is 2.19. The van der Waals surface area contributed by atoms with Crippen LogP contribution in [0.3, 0.4) is 0 Å².